The maximum absolute atomic E-state index is 13.0. The molecule has 0 N–H and O–H groups in total. The highest BCUT2D eigenvalue weighted by Gasteiger charge is 2.40. The normalized spacial score (nSPS) is 21.0. The van der Waals surface area contributed by atoms with Crippen LogP contribution >= 0.6 is 0 Å². The first kappa shape index (κ1) is 18.0. The van der Waals surface area contributed by atoms with E-state index in [0.29, 0.717) is 6.42 Å². The number of hydrogen-bond donors (Lipinski definition) is 0. The van der Waals surface area contributed by atoms with Gasteiger partial charge in [0.15, 0.2) is 0 Å². The van der Waals surface area contributed by atoms with E-state index in [1.807, 2.05) is 24.3 Å². The second-order valence-corrected chi connectivity index (χ2v) is 7.63. The fourth-order valence-electron chi connectivity index (χ4n) is 4.48. The van der Waals surface area contributed by atoms with Crippen molar-refractivity contribution >= 4 is 5.91 Å². The lowest BCUT2D eigenvalue weighted by Crippen LogP contribution is -2.42. The first-order valence-corrected chi connectivity index (χ1v) is 10.0. The quantitative estimate of drug-likeness (QED) is 0.787. The van der Waals surface area contributed by atoms with Crippen LogP contribution in [0.5, 0.6) is 5.75 Å². The maximum atomic E-state index is 13.0. The van der Waals surface area contributed by atoms with Crippen LogP contribution in [-0.2, 0) is 30.6 Å². The summed E-state index contributed by atoms with van der Waals surface area (Å²) in [6.45, 7) is 3.02. The number of nitrogens with zero attached hydrogens (tertiary/aromatic N) is 4. The van der Waals surface area contributed by atoms with E-state index in [1.54, 1.807) is 7.11 Å². The number of amides is 1. The van der Waals surface area contributed by atoms with E-state index < -0.39 is 0 Å². The van der Waals surface area contributed by atoms with Gasteiger partial charge in [-0.2, -0.15) is 0 Å². The number of hydrogen-bond acceptors (Lipinski definition) is 4. The fraction of sp³-hybridized carbons (Fsp3) is 0.571. The minimum absolute atomic E-state index is 0.272. The van der Waals surface area contributed by atoms with Crippen LogP contribution in [0, 0.1) is 0 Å². The molecular formula is C21H28N4O2. The van der Waals surface area contributed by atoms with E-state index >= 15 is 0 Å². The molecule has 0 unspecified atom stereocenters. The van der Waals surface area contributed by atoms with Crippen molar-refractivity contribution in [2.45, 2.75) is 70.5 Å². The maximum Gasteiger partial charge on any atom is 0.223 e. The van der Waals surface area contributed by atoms with Crippen LogP contribution in [0.2, 0.25) is 0 Å². The Bertz CT molecular complexity index is 799. The van der Waals surface area contributed by atoms with Crippen LogP contribution in [0.25, 0.3) is 0 Å². The fourth-order valence-corrected chi connectivity index (χ4v) is 4.48. The van der Waals surface area contributed by atoms with Crippen molar-refractivity contribution < 1.29 is 9.53 Å². The number of benzene rings is 1. The van der Waals surface area contributed by atoms with Crippen molar-refractivity contribution in [3.05, 3.63) is 41.5 Å². The van der Waals surface area contributed by atoms with Gasteiger partial charge in [-0.05, 0) is 43.4 Å². The lowest BCUT2D eigenvalue weighted by molar-refractivity contribution is -0.134. The lowest BCUT2D eigenvalue weighted by Gasteiger charge is -2.28. The summed E-state index contributed by atoms with van der Waals surface area (Å²) in [5.74, 6) is 3.25. The van der Waals surface area contributed by atoms with Gasteiger partial charge in [-0.25, -0.2) is 0 Å². The molecule has 1 fully saturated rings. The summed E-state index contributed by atoms with van der Waals surface area (Å²) in [5.41, 5.74) is 1.17. The number of ether oxygens (including phenoxy) is 1. The van der Waals surface area contributed by atoms with E-state index in [1.165, 1.54) is 5.56 Å². The van der Waals surface area contributed by atoms with Gasteiger partial charge in [0.05, 0.1) is 13.2 Å². The molecule has 2 atom stereocenters. The molecule has 0 spiro atoms. The summed E-state index contributed by atoms with van der Waals surface area (Å²) in [6, 6.07) is 8.56. The summed E-state index contributed by atoms with van der Waals surface area (Å²) < 4.78 is 7.48. The number of aromatic nitrogens is 3. The smallest absolute Gasteiger partial charge is 0.223 e. The van der Waals surface area contributed by atoms with E-state index in [2.05, 4.69) is 26.6 Å². The predicted octanol–water partition coefficient (Wildman–Crippen LogP) is 2.79. The van der Waals surface area contributed by atoms with Crippen molar-refractivity contribution in [2.75, 3.05) is 7.11 Å². The largest absolute Gasteiger partial charge is 0.497 e. The van der Waals surface area contributed by atoms with Crippen molar-refractivity contribution in [3.63, 3.8) is 0 Å². The first-order valence-electron chi connectivity index (χ1n) is 10.0. The van der Waals surface area contributed by atoms with Crippen LogP contribution in [0.4, 0.5) is 0 Å². The van der Waals surface area contributed by atoms with Crippen molar-refractivity contribution in [1.82, 2.24) is 19.7 Å². The monoisotopic (exact) mass is 368 g/mol. The first-order chi connectivity index (χ1) is 13.2. The molecule has 27 heavy (non-hydrogen) atoms. The molecule has 6 nitrogen and oxygen atoms in total. The minimum Gasteiger partial charge on any atom is -0.497 e. The Morgan fingerprint density at radius 1 is 1.15 bits per heavy atom. The van der Waals surface area contributed by atoms with E-state index in [0.717, 1.165) is 62.5 Å². The average molecular weight is 368 g/mol. The second kappa shape index (κ2) is 7.71. The highest BCUT2D eigenvalue weighted by atomic mass is 16.5. The van der Waals surface area contributed by atoms with Crippen molar-refractivity contribution in [3.8, 4) is 5.75 Å². The zero-order valence-electron chi connectivity index (χ0n) is 16.2. The molecule has 2 aliphatic heterocycles. The molecule has 1 saturated heterocycles. The minimum atomic E-state index is 0.272. The molecule has 0 aliphatic carbocycles. The van der Waals surface area contributed by atoms with Gasteiger partial charge in [0, 0.05) is 31.8 Å². The van der Waals surface area contributed by atoms with Gasteiger partial charge in [0.1, 0.15) is 17.4 Å². The van der Waals surface area contributed by atoms with E-state index in [4.69, 9.17) is 4.74 Å². The van der Waals surface area contributed by atoms with E-state index in [9.17, 15) is 4.79 Å². The van der Waals surface area contributed by atoms with Crippen LogP contribution in [0.3, 0.4) is 0 Å². The third-order valence-corrected chi connectivity index (χ3v) is 5.88. The zero-order valence-corrected chi connectivity index (χ0v) is 16.2. The van der Waals surface area contributed by atoms with Crippen LogP contribution < -0.4 is 4.74 Å². The Morgan fingerprint density at radius 2 is 1.93 bits per heavy atom. The highest BCUT2D eigenvalue weighted by molar-refractivity contribution is 5.77. The topological polar surface area (TPSA) is 60.2 Å². The Labute approximate surface area is 160 Å². The third kappa shape index (κ3) is 3.57. The molecule has 2 aliphatic rings. The summed E-state index contributed by atoms with van der Waals surface area (Å²) in [7, 11) is 1.67. The van der Waals surface area contributed by atoms with Gasteiger partial charge in [0.2, 0.25) is 5.91 Å². The van der Waals surface area contributed by atoms with Crippen LogP contribution in [-0.4, -0.2) is 44.8 Å². The molecule has 1 amide bonds. The van der Waals surface area contributed by atoms with Crippen LogP contribution in [0.15, 0.2) is 24.3 Å². The van der Waals surface area contributed by atoms with Gasteiger partial charge in [-0.1, -0.05) is 19.1 Å². The predicted molar refractivity (Wildman–Crippen MR) is 103 cm³/mol. The molecular weight excluding hydrogens is 340 g/mol. The number of methoxy groups -OCH3 is 1. The molecule has 1 aromatic carbocycles. The van der Waals surface area contributed by atoms with Crippen molar-refractivity contribution in [1.29, 1.82) is 0 Å². The lowest BCUT2D eigenvalue weighted by atomic mass is 10.1. The third-order valence-electron chi connectivity index (χ3n) is 5.88. The molecule has 3 heterocycles. The van der Waals surface area contributed by atoms with Crippen molar-refractivity contribution in [2.24, 2.45) is 0 Å². The Balaban J connectivity index is 1.43. The highest BCUT2D eigenvalue weighted by Crippen LogP contribution is 2.32. The van der Waals surface area contributed by atoms with Gasteiger partial charge in [-0.15, -0.1) is 10.2 Å². The molecule has 144 valence electrons. The molecule has 4 rings (SSSR count). The number of aryl methyl sites for hydroxylation is 2. The number of carbonyl (C=O) groups is 1. The number of fused-ring (bicyclic) bond motifs is 3. The second-order valence-electron chi connectivity index (χ2n) is 7.63. The molecule has 0 saturated carbocycles. The Hall–Kier alpha value is -2.37. The number of carbonyl (C=O) groups excluding carboxylic acids is 1. The van der Waals surface area contributed by atoms with Crippen LogP contribution in [0.1, 0.15) is 49.8 Å². The Morgan fingerprint density at radius 3 is 2.67 bits per heavy atom. The SMILES string of the molecule is CCCc1nnc2n1C[C@H]1CC[C@@H](C2)N1C(=O)CCc1ccc(OC)cc1. The van der Waals surface area contributed by atoms with E-state index in [-0.39, 0.29) is 18.0 Å². The zero-order chi connectivity index (χ0) is 18.8. The molecule has 0 radical (unpaired) electrons. The standard InChI is InChI=1S/C21H28N4O2/c1-3-4-19-22-23-20-13-16-8-9-17(14-24(19)20)25(16)21(26)12-7-15-5-10-18(27-2)11-6-15/h5-6,10-11,16-17H,3-4,7-9,12-14H2,1-2H3/t16-,17+/m0/s1. The van der Waals surface area contributed by atoms with Gasteiger partial charge >= 0.3 is 0 Å². The Kier molecular flexibility index (Phi) is 5.14. The van der Waals surface area contributed by atoms with Gasteiger partial charge < -0.3 is 14.2 Å². The summed E-state index contributed by atoms with van der Waals surface area (Å²) in [4.78, 5) is 15.2. The molecule has 1 aromatic heterocycles. The summed E-state index contributed by atoms with van der Waals surface area (Å²) in [5, 5.41) is 8.81. The van der Waals surface area contributed by atoms with Gasteiger partial charge in [-0.3, -0.25) is 4.79 Å². The summed E-state index contributed by atoms with van der Waals surface area (Å²) >= 11 is 0. The molecule has 2 aromatic rings. The van der Waals surface area contributed by atoms with Gasteiger partial charge in [0.25, 0.3) is 0 Å². The average Bonchev–Trinajstić information content (AvgIpc) is 3.19. The number of rotatable bonds is 6. The molecule has 2 bridgehead atoms. The summed E-state index contributed by atoms with van der Waals surface area (Å²) in [6.07, 6.45) is 6.35. The molecule has 6 heteroatoms.